The zero-order valence-corrected chi connectivity index (χ0v) is 8.03. The molecule has 5 heteroatoms. The maximum Gasteiger partial charge on any atom is 0.288 e. The quantitative estimate of drug-likeness (QED) is 0.439. The summed E-state index contributed by atoms with van der Waals surface area (Å²) in [4.78, 5) is 10.1. The van der Waals surface area contributed by atoms with Gasteiger partial charge in [0.05, 0.1) is 17.6 Å². The minimum atomic E-state index is -0.473. The highest BCUT2D eigenvalue weighted by molar-refractivity contribution is 6.32. The third kappa shape index (κ3) is 2.02. The maximum atomic E-state index is 10.6. The van der Waals surface area contributed by atoms with Crippen LogP contribution in [0, 0.1) is 10.1 Å². The van der Waals surface area contributed by atoms with Crippen LogP contribution in [0.5, 0.6) is 0 Å². The van der Waals surface area contributed by atoms with Crippen molar-refractivity contribution in [3.05, 3.63) is 38.9 Å². The van der Waals surface area contributed by atoms with Crippen molar-refractivity contribution in [3.8, 4) is 0 Å². The van der Waals surface area contributed by atoms with Gasteiger partial charge in [-0.3, -0.25) is 10.1 Å². The topological polar surface area (TPSA) is 55.7 Å². The molecule has 2 rings (SSSR count). The molecule has 1 aromatic rings. The number of hydrogen-bond acceptors (Lipinski definition) is 3. The number of benzene rings is 1. The Morgan fingerprint density at radius 2 is 2.36 bits per heavy atom. The highest BCUT2D eigenvalue weighted by atomic mass is 35.5. The molecule has 1 atom stereocenters. The lowest BCUT2D eigenvalue weighted by molar-refractivity contribution is -0.384. The molecule has 1 aliphatic heterocycles. The molecule has 0 spiro atoms. The van der Waals surface area contributed by atoms with Gasteiger partial charge in [-0.2, -0.15) is 0 Å². The van der Waals surface area contributed by atoms with Gasteiger partial charge in [0.2, 0.25) is 0 Å². The zero-order valence-electron chi connectivity index (χ0n) is 7.27. The summed E-state index contributed by atoms with van der Waals surface area (Å²) < 4.78 is 5.04. The summed E-state index contributed by atoms with van der Waals surface area (Å²) in [5, 5.41) is 10.7. The molecule has 0 bridgehead atoms. The van der Waals surface area contributed by atoms with Crippen LogP contribution in [0.3, 0.4) is 0 Å². The summed E-state index contributed by atoms with van der Waals surface area (Å²) in [6.07, 6.45) is 0.952. The number of nitrogens with zero attached hydrogens (tertiary/aromatic N) is 1. The Kier molecular flexibility index (Phi) is 2.39. The van der Waals surface area contributed by atoms with Crippen molar-refractivity contribution in [3.63, 3.8) is 0 Å². The number of rotatable bonds is 3. The van der Waals surface area contributed by atoms with E-state index >= 15 is 0 Å². The largest absolute Gasteiger partial charge is 0.373 e. The maximum absolute atomic E-state index is 10.6. The third-order valence-corrected chi connectivity index (χ3v) is 2.39. The summed E-state index contributed by atoms with van der Waals surface area (Å²) in [5.74, 6) is 0. The monoisotopic (exact) mass is 213 g/mol. The molecule has 0 radical (unpaired) electrons. The predicted molar refractivity (Wildman–Crippen MR) is 51.6 cm³/mol. The van der Waals surface area contributed by atoms with Crippen molar-refractivity contribution in [1.82, 2.24) is 0 Å². The molecule has 1 fully saturated rings. The first-order valence-electron chi connectivity index (χ1n) is 4.21. The molecule has 1 aromatic carbocycles. The number of nitro groups is 1. The molecule has 74 valence electrons. The fourth-order valence-electron chi connectivity index (χ4n) is 1.27. The predicted octanol–water partition coefficient (Wildman–Crippen LogP) is 2.19. The SMILES string of the molecule is O=[N+]([O-])c1cc(CC2CO2)ccc1Cl. The van der Waals surface area contributed by atoms with Crippen LogP contribution in [0.4, 0.5) is 5.69 Å². The van der Waals surface area contributed by atoms with E-state index in [1.807, 2.05) is 0 Å². The van der Waals surface area contributed by atoms with Gasteiger partial charge in [0.15, 0.2) is 0 Å². The second kappa shape index (κ2) is 3.55. The first-order chi connectivity index (χ1) is 6.66. The highest BCUT2D eigenvalue weighted by Gasteiger charge is 2.23. The Morgan fingerprint density at radius 3 is 2.93 bits per heavy atom. The van der Waals surface area contributed by atoms with Crippen molar-refractivity contribution in [2.75, 3.05) is 6.61 Å². The lowest BCUT2D eigenvalue weighted by Crippen LogP contribution is -1.95. The Morgan fingerprint density at radius 1 is 1.64 bits per heavy atom. The van der Waals surface area contributed by atoms with Gasteiger partial charge < -0.3 is 4.74 Å². The van der Waals surface area contributed by atoms with Gasteiger partial charge in [0, 0.05) is 12.5 Å². The van der Waals surface area contributed by atoms with E-state index in [0.717, 1.165) is 18.6 Å². The van der Waals surface area contributed by atoms with E-state index in [9.17, 15) is 10.1 Å². The summed E-state index contributed by atoms with van der Waals surface area (Å²) in [6.45, 7) is 0.746. The van der Waals surface area contributed by atoms with E-state index in [1.54, 1.807) is 12.1 Å². The van der Waals surface area contributed by atoms with Gasteiger partial charge >= 0.3 is 0 Å². The average molecular weight is 214 g/mol. The summed E-state index contributed by atoms with van der Waals surface area (Å²) in [7, 11) is 0. The molecule has 0 saturated carbocycles. The summed E-state index contributed by atoms with van der Waals surface area (Å²) in [6, 6.07) is 4.85. The molecule has 0 aliphatic carbocycles. The van der Waals surface area contributed by atoms with Gasteiger partial charge in [-0.15, -0.1) is 0 Å². The second-order valence-electron chi connectivity index (χ2n) is 3.20. The number of nitro benzene ring substituents is 1. The van der Waals surface area contributed by atoms with Crippen molar-refractivity contribution in [2.24, 2.45) is 0 Å². The van der Waals surface area contributed by atoms with E-state index in [-0.39, 0.29) is 16.8 Å². The smallest absolute Gasteiger partial charge is 0.288 e. The van der Waals surface area contributed by atoms with E-state index in [4.69, 9.17) is 16.3 Å². The molecule has 14 heavy (non-hydrogen) atoms. The van der Waals surface area contributed by atoms with Crippen molar-refractivity contribution >= 4 is 17.3 Å². The normalized spacial score (nSPS) is 19.4. The first kappa shape index (κ1) is 9.43. The Bertz CT molecular complexity index is 376. The molecule has 1 aliphatic rings. The van der Waals surface area contributed by atoms with Crippen LogP contribution >= 0.6 is 11.6 Å². The van der Waals surface area contributed by atoms with Crippen LogP contribution in [-0.4, -0.2) is 17.6 Å². The average Bonchev–Trinajstić information content (AvgIpc) is 2.92. The molecule has 1 heterocycles. The first-order valence-corrected chi connectivity index (χ1v) is 4.59. The molecule has 0 aromatic heterocycles. The Hall–Kier alpha value is -1.13. The van der Waals surface area contributed by atoms with Crippen LogP contribution in [0.1, 0.15) is 5.56 Å². The summed E-state index contributed by atoms with van der Waals surface area (Å²) in [5.41, 5.74) is 0.855. The number of hydrogen-bond donors (Lipinski definition) is 0. The number of epoxide rings is 1. The molecule has 4 nitrogen and oxygen atoms in total. The molecule has 1 unspecified atom stereocenters. The Labute approximate surface area is 85.6 Å². The number of halogens is 1. The van der Waals surface area contributed by atoms with Gasteiger partial charge in [0.25, 0.3) is 5.69 Å². The van der Waals surface area contributed by atoms with E-state index in [0.29, 0.717) is 0 Å². The van der Waals surface area contributed by atoms with Crippen LogP contribution in [0.25, 0.3) is 0 Å². The number of ether oxygens (including phenoxy) is 1. The van der Waals surface area contributed by atoms with E-state index in [1.165, 1.54) is 6.07 Å². The highest BCUT2D eigenvalue weighted by Crippen LogP contribution is 2.27. The van der Waals surface area contributed by atoms with Gasteiger partial charge in [-0.1, -0.05) is 17.7 Å². The van der Waals surface area contributed by atoms with Crippen molar-refractivity contribution in [1.29, 1.82) is 0 Å². The molecular weight excluding hydrogens is 206 g/mol. The van der Waals surface area contributed by atoms with Crippen LogP contribution < -0.4 is 0 Å². The summed E-state index contributed by atoms with van der Waals surface area (Å²) >= 11 is 5.67. The zero-order chi connectivity index (χ0) is 10.1. The molecule has 1 saturated heterocycles. The molecule has 0 N–H and O–H groups in total. The van der Waals surface area contributed by atoms with Crippen molar-refractivity contribution in [2.45, 2.75) is 12.5 Å². The second-order valence-corrected chi connectivity index (χ2v) is 3.61. The van der Waals surface area contributed by atoms with Gasteiger partial charge in [-0.25, -0.2) is 0 Å². The minimum absolute atomic E-state index is 0.0372. The van der Waals surface area contributed by atoms with Gasteiger partial charge in [-0.05, 0) is 11.6 Å². The standard InChI is InChI=1S/C9H8ClNO3/c10-8-2-1-6(3-7-5-14-7)4-9(8)11(12)13/h1-2,4,7H,3,5H2. The fourth-order valence-corrected chi connectivity index (χ4v) is 1.46. The Balaban J connectivity index is 2.24. The fraction of sp³-hybridized carbons (Fsp3) is 0.333. The van der Waals surface area contributed by atoms with Crippen LogP contribution in [0.2, 0.25) is 5.02 Å². The third-order valence-electron chi connectivity index (χ3n) is 2.07. The van der Waals surface area contributed by atoms with E-state index < -0.39 is 4.92 Å². The van der Waals surface area contributed by atoms with E-state index in [2.05, 4.69) is 0 Å². The lowest BCUT2D eigenvalue weighted by Gasteiger charge is -1.99. The van der Waals surface area contributed by atoms with Crippen LogP contribution in [0.15, 0.2) is 18.2 Å². The lowest BCUT2D eigenvalue weighted by atomic mass is 10.1. The van der Waals surface area contributed by atoms with Crippen molar-refractivity contribution < 1.29 is 9.66 Å². The molecular formula is C9H8ClNO3. The van der Waals surface area contributed by atoms with Crippen LogP contribution in [-0.2, 0) is 11.2 Å². The minimum Gasteiger partial charge on any atom is -0.373 e. The molecule has 0 amide bonds. The van der Waals surface area contributed by atoms with Gasteiger partial charge in [0.1, 0.15) is 5.02 Å².